The molecule has 1 aliphatic carbocycles. The molecular formula is C25H26N4O2. The number of methoxy groups -OCH3 is 1. The number of aromatic nitrogens is 2. The van der Waals surface area contributed by atoms with Gasteiger partial charge < -0.3 is 20.1 Å². The number of hydrogen-bond acceptors (Lipinski definition) is 6. The first-order valence-corrected chi connectivity index (χ1v) is 10.2. The number of anilines is 2. The van der Waals surface area contributed by atoms with Crippen molar-refractivity contribution in [2.75, 3.05) is 25.6 Å². The summed E-state index contributed by atoms with van der Waals surface area (Å²) in [5, 5.41) is 6.48. The van der Waals surface area contributed by atoms with Crippen LogP contribution in [0.2, 0.25) is 0 Å². The monoisotopic (exact) mass is 414 g/mol. The number of nitrogens with zero attached hydrogens (tertiary/aromatic N) is 2. The number of ether oxygens (including phenoxy) is 2. The normalized spacial score (nSPS) is 12.1. The van der Waals surface area contributed by atoms with E-state index in [1.54, 1.807) is 19.4 Å². The van der Waals surface area contributed by atoms with E-state index in [9.17, 15) is 0 Å². The molecule has 1 aliphatic rings. The van der Waals surface area contributed by atoms with Crippen LogP contribution in [-0.4, -0.2) is 30.2 Å². The molecule has 0 radical (unpaired) electrons. The van der Waals surface area contributed by atoms with Crippen LogP contribution in [0.1, 0.15) is 23.6 Å². The molecule has 2 aromatic carbocycles. The van der Waals surface area contributed by atoms with Gasteiger partial charge in [0.15, 0.2) is 0 Å². The first-order valence-electron chi connectivity index (χ1n) is 10.2. The molecule has 0 spiro atoms. The average molecular weight is 415 g/mol. The summed E-state index contributed by atoms with van der Waals surface area (Å²) in [6.45, 7) is 7.55. The van der Waals surface area contributed by atoms with Gasteiger partial charge in [0, 0.05) is 37.3 Å². The zero-order valence-corrected chi connectivity index (χ0v) is 17.8. The lowest BCUT2D eigenvalue weighted by Crippen LogP contribution is -2.17. The van der Waals surface area contributed by atoms with Gasteiger partial charge in [-0.1, -0.05) is 36.4 Å². The van der Waals surface area contributed by atoms with Crippen LogP contribution in [0.3, 0.4) is 0 Å². The Morgan fingerprint density at radius 3 is 2.94 bits per heavy atom. The Labute approximate surface area is 182 Å². The van der Waals surface area contributed by atoms with Crippen LogP contribution in [-0.2, 0) is 11.2 Å². The van der Waals surface area contributed by atoms with E-state index in [0.29, 0.717) is 25.0 Å². The molecule has 0 saturated carbocycles. The van der Waals surface area contributed by atoms with Crippen LogP contribution < -0.4 is 15.4 Å². The molecule has 31 heavy (non-hydrogen) atoms. The molecule has 0 amide bonds. The van der Waals surface area contributed by atoms with Crippen molar-refractivity contribution in [3.05, 3.63) is 83.6 Å². The minimum absolute atomic E-state index is 0.463. The summed E-state index contributed by atoms with van der Waals surface area (Å²) in [6.07, 6.45) is 4.88. The number of nitrogens with one attached hydrogen (secondary N) is 2. The Bertz CT molecular complexity index is 1120. The summed E-state index contributed by atoms with van der Waals surface area (Å²) >= 11 is 0. The van der Waals surface area contributed by atoms with E-state index in [1.807, 2.05) is 36.4 Å². The van der Waals surface area contributed by atoms with Gasteiger partial charge in [-0.05, 0) is 54.3 Å². The predicted molar refractivity (Wildman–Crippen MR) is 125 cm³/mol. The minimum Gasteiger partial charge on any atom is -0.439 e. The molecule has 0 fully saturated rings. The Balaban J connectivity index is 1.44. The molecule has 3 aromatic rings. The summed E-state index contributed by atoms with van der Waals surface area (Å²) in [5.74, 6) is 1.71. The van der Waals surface area contributed by atoms with Crippen molar-refractivity contribution in [2.24, 2.45) is 0 Å². The van der Waals surface area contributed by atoms with Crippen LogP contribution in [0.4, 0.5) is 11.6 Å². The largest absolute Gasteiger partial charge is 0.439 e. The third-order valence-corrected chi connectivity index (χ3v) is 4.95. The fourth-order valence-electron chi connectivity index (χ4n) is 3.45. The van der Waals surface area contributed by atoms with Crippen LogP contribution >= 0.6 is 0 Å². The number of rotatable bonds is 9. The molecule has 0 saturated heterocycles. The highest BCUT2D eigenvalue weighted by molar-refractivity contribution is 5.67. The van der Waals surface area contributed by atoms with Gasteiger partial charge in [-0.25, -0.2) is 4.98 Å². The van der Waals surface area contributed by atoms with E-state index in [4.69, 9.17) is 9.47 Å². The van der Waals surface area contributed by atoms with Crippen molar-refractivity contribution in [3.63, 3.8) is 0 Å². The second-order valence-corrected chi connectivity index (χ2v) is 7.45. The van der Waals surface area contributed by atoms with E-state index in [0.717, 1.165) is 29.1 Å². The maximum atomic E-state index is 5.98. The summed E-state index contributed by atoms with van der Waals surface area (Å²) in [6, 6.07) is 15.8. The van der Waals surface area contributed by atoms with Crippen LogP contribution in [0.15, 0.2) is 66.9 Å². The van der Waals surface area contributed by atoms with Crippen molar-refractivity contribution in [1.29, 1.82) is 0 Å². The van der Waals surface area contributed by atoms with E-state index in [-0.39, 0.29) is 0 Å². The lowest BCUT2D eigenvalue weighted by atomic mass is 10.1. The molecule has 0 unspecified atom stereocenters. The second kappa shape index (κ2) is 9.45. The lowest BCUT2D eigenvalue weighted by Gasteiger charge is -2.12. The second-order valence-electron chi connectivity index (χ2n) is 7.45. The van der Waals surface area contributed by atoms with Crippen molar-refractivity contribution in [3.8, 4) is 11.6 Å². The number of benzene rings is 2. The van der Waals surface area contributed by atoms with Crippen LogP contribution in [0.25, 0.3) is 11.8 Å². The molecular weight excluding hydrogens is 388 g/mol. The third kappa shape index (κ3) is 5.29. The Morgan fingerprint density at radius 1 is 1.16 bits per heavy atom. The standard InChI is InChI=1S/C25H26N4O2/c1-17-13-20-7-8-23(16-21(20)14-17)31-24-9-10-27-25(29-24)28-22-6-4-5-19(15-22)18(2)26-11-12-30-3/h4-10,14-16,26H,2,11-13H2,1,3H3,(H,27,28,29). The Kier molecular flexibility index (Phi) is 6.29. The summed E-state index contributed by atoms with van der Waals surface area (Å²) in [4.78, 5) is 8.81. The van der Waals surface area contributed by atoms with Crippen molar-refractivity contribution in [1.82, 2.24) is 15.3 Å². The first kappa shape index (κ1) is 20.6. The Morgan fingerprint density at radius 2 is 2.06 bits per heavy atom. The molecule has 6 nitrogen and oxygen atoms in total. The molecule has 158 valence electrons. The molecule has 0 bridgehead atoms. The fourth-order valence-corrected chi connectivity index (χ4v) is 3.45. The molecule has 0 aliphatic heterocycles. The Hall–Kier alpha value is -3.64. The number of hydrogen-bond donors (Lipinski definition) is 2. The minimum atomic E-state index is 0.463. The topological polar surface area (TPSA) is 68.3 Å². The fraction of sp³-hybridized carbons (Fsp3) is 0.200. The van der Waals surface area contributed by atoms with Gasteiger partial charge in [0.05, 0.1) is 6.61 Å². The SMILES string of the molecule is C=C(NCCOC)c1cccc(Nc2nccc(Oc3ccc4c(c3)C=C(C)C4)n2)c1. The maximum Gasteiger partial charge on any atom is 0.230 e. The number of allylic oxidation sites excluding steroid dienone is 1. The molecule has 1 aromatic heterocycles. The summed E-state index contributed by atoms with van der Waals surface area (Å²) in [5.41, 5.74) is 6.57. The van der Waals surface area contributed by atoms with Crippen molar-refractivity contribution >= 4 is 23.4 Å². The highest BCUT2D eigenvalue weighted by Gasteiger charge is 2.11. The molecule has 2 N–H and O–H groups in total. The average Bonchev–Trinajstić information content (AvgIpc) is 3.13. The van der Waals surface area contributed by atoms with E-state index >= 15 is 0 Å². The molecule has 1 heterocycles. The quantitative estimate of drug-likeness (QED) is 0.470. The van der Waals surface area contributed by atoms with Crippen LogP contribution in [0, 0.1) is 0 Å². The van der Waals surface area contributed by atoms with Gasteiger partial charge in [0.1, 0.15) is 5.75 Å². The van der Waals surface area contributed by atoms with E-state index in [1.165, 1.54) is 16.7 Å². The van der Waals surface area contributed by atoms with Gasteiger partial charge in [-0.3, -0.25) is 0 Å². The highest BCUT2D eigenvalue weighted by atomic mass is 16.5. The van der Waals surface area contributed by atoms with Crippen molar-refractivity contribution in [2.45, 2.75) is 13.3 Å². The van der Waals surface area contributed by atoms with Gasteiger partial charge in [0.2, 0.25) is 11.8 Å². The van der Waals surface area contributed by atoms with Crippen LogP contribution in [0.5, 0.6) is 11.6 Å². The van der Waals surface area contributed by atoms with Gasteiger partial charge in [0.25, 0.3) is 0 Å². The molecule has 6 heteroatoms. The molecule has 4 rings (SSSR count). The summed E-state index contributed by atoms with van der Waals surface area (Å²) < 4.78 is 11.0. The highest BCUT2D eigenvalue weighted by Crippen LogP contribution is 2.30. The molecule has 0 atom stereocenters. The number of fused-ring (bicyclic) bond motifs is 1. The van der Waals surface area contributed by atoms with Gasteiger partial charge >= 0.3 is 0 Å². The van der Waals surface area contributed by atoms with Gasteiger partial charge in [-0.15, -0.1) is 0 Å². The van der Waals surface area contributed by atoms with E-state index < -0.39 is 0 Å². The third-order valence-electron chi connectivity index (χ3n) is 4.95. The van der Waals surface area contributed by atoms with E-state index in [2.05, 4.69) is 46.2 Å². The smallest absolute Gasteiger partial charge is 0.230 e. The maximum absolute atomic E-state index is 5.98. The summed E-state index contributed by atoms with van der Waals surface area (Å²) in [7, 11) is 1.68. The zero-order valence-electron chi connectivity index (χ0n) is 17.8. The van der Waals surface area contributed by atoms with Gasteiger partial charge in [-0.2, -0.15) is 4.98 Å². The lowest BCUT2D eigenvalue weighted by molar-refractivity contribution is 0.203. The predicted octanol–water partition coefficient (Wildman–Crippen LogP) is 5.18. The first-order chi connectivity index (χ1) is 15.1. The zero-order chi connectivity index (χ0) is 21.6. The van der Waals surface area contributed by atoms with Crippen molar-refractivity contribution < 1.29 is 9.47 Å².